The van der Waals surface area contributed by atoms with Gasteiger partial charge in [-0.3, -0.25) is 0 Å². The van der Waals surface area contributed by atoms with Gasteiger partial charge in [-0.2, -0.15) is 0 Å². The molecule has 0 aliphatic heterocycles. The van der Waals surface area contributed by atoms with Crippen molar-refractivity contribution in [3.8, 4) is 0 Å². The van der Waals surface area contributed by atoms with Gasteiger partial charge >= 0.3 is 0 Å². The van der Waals surface area contributed by atoms with Crippen LogP contribution in [0.5, 0.6) is 0 Å². The van der Waals surface area contributed by atoms with E-state index in [1.165, 1.54) is 5.56 Å². The SMILES string of the molecule is CCNCc1ccc(Sc2ccccn2)c(Cl)c1. The highest BCUT2D eigenvalue weighted by atomic mass is 35.5. The van der Waals surface area contributed by atoms with Crippen LogP contribution >= 0.6 is 23.4 Å². The predicted octanol–water partition coefficient (Wildman–Crippen LogP) is 4.00. The van der Waals surface area contributed by atoms with Crippen molar-refractivity contribution < 1.29 is 0 Å². The third kappa shape index (κ3) is 3.73. The molecular formula is C14H15ClN2S. The Kier molecular flexibility index (Phi) is 5.05. The van der Waals surface area contributed by atoms with Crippen molar-refractivity contribution in [3.63, 3.8) is 0 Å². The number of rotatable bonds is 5. The van der Waals surface area contributed by atoms with Crippen LogP contribution in [0.25, 0.3) is 0 Å². The van der Waals surface area contributed by atoms with E-state index in [-0.39, 0.29) is 0 Å². The summed E-state index contributed by atoms with van der Waals surface area (Å²) in [7, 11) is 0. The summed E-state index contributed by atoms with van der Waals surface area (Å²) in [6.07, 6.45) is 1.79. The standard InChI is InChI=1S/C14H15ClN2S/c1-2-16-10-11-6-7-13(12(15)9-11)18-14-5-3-4-8-17-14/h3-9,16H,2,10H2,1H3. The Morgan fingerprint density at radius 2 is 2.17 bits per heavy atom. The lowest BCUT2D eigenvalue weighted by atomic mass is 10.2. The molecule has 1 aromatic heterocycles. The van der Waals surface area contributed by atoms with Gasteiger partial charge in [0.1, 0.15) is 5.03 Å². The van der Waals surface area contributed by atoms with Crippen molar-refractivity contribution in [2.24, 2.45) is 0 Å². The zero-order chi connectivity index (χ0) is 12.8. The van der Waals surface area contributed by atoms with Gasteiger partial charge < -0.3 is 5.32 Å². The second kappa shape index (κ2) is 6.78. The molecule has 0 atom stereocenters. The number of hydrogen-bond donors (Lipinski definition) is 1. The first-order valence-electron chi connectivity index (χ1n) is 5.87. The van der Waals surface area contributed by atoms with E-state index < -0.39 is 0 Å². The summed E-state index contributed by atoms with van der Waals surface area (Å²) in [6, 6.07) is 12.0. The average molecular weight is 279 g/mol. The van der Waals surface area contributed by atoms with Gasteiger partial charge in [0.15, 0.2) is 0 Å². The number of pyridine rings is 1. The Hall–Kier alpha value is -1.03. The van der Waals surface area contributed by atoms with E-state index in [1.54, 1.807) is 18.0 Å². The van der Waals surface area contributed by atoms with E-state index in [0.29, 0.717) is 0 Å². The lowest BCUT2D eigenvalue weighted by molar-refractivity contribution is 0.726. The number of nitrogens with one attached hydrogen (secondary N) is 1. The molecule has 0 spiro atoms. The zero-order valence-corrected chi connectivity index (χ0v) is 11.8. The molecule has 1 aromatic carbocycles. The first kappa shape index (κ1) is 13.4. The molecule has 0 amide bonds. The molecule has 94 valence electrons. The molecule has 18 heavy (non-hydrogen) atoms. The van der Waals surface area contributed by atoms with Gasteiger partial charge in [-0.05, 0) is 36.4 Å². The van der Waals surface area contributed by atoms with Gasteiger partial charge in [-0.1, -0.05) is 42.4 Å². The van der Waals surface area contributed by atoms with Gasteiger partial charge in [0.2, 0.25) is 0 Å². The van der Waals surface area contributed by atoms with Crippen LogP contribution in [0, 0.1) is 0 Å². The van der Waals surface area contributed by atoms with Crippen molar-refractivity contribution >= 4 is 23.4 Å². The number of benzene rings is 1. The summed E-state index contributed by atoms with van der Waals surface area (Å²) in [6.45, 7) is 3.90. The number of aromatic nitrogens is 1. The second-order valence-electron chi connectivity index (χ2n) is 3.82. The predicted molar refractivity (Wildman–Crippen MR) is 77.2 cm³/mol. The molecule has 2 nitrogen and oxygen atoms in total. The topological polar surface area (TPSA) is 24.9 Å². The Balaban J connectivity index is 2.10. The number of nitrogens with zero attached hydrogens (tertiary/aromatic N) is 1. The molecular weight excluding hydrogens is 264 g/mol. The molecule has 1 heterocycles. The largest absolute Gasteiger partial charge is 0.313 e. The minimum absolute atomic E-state index is 0.779. The summed E-state index contributed by atoms with van der Waals surface area (Å²) in [4.78, 5) is 5.32. The Morgan fingerprint density at radius 3 is 2.83 bits per heavy atom. The summed E-state index contributed by atoms with van der Waals surface area (Å²) in [5.74, 6) is 0. The third-order valence-electron chi connectivity index (χ3n) is 2.43. The van der Waals surface area contributed by atoms with Crippen LogP contribution < -0.4 is 5.32 Å². The number of hydrogen-bond acceptors (Lipinski definition) is 3. The Labute approximate surface area is 117 Å². The van der Waals surface area contributed by atoms with Crippen LogP contribution in [0.4, 0.5) is 0 Å². The maximum absolute atomic E-state index is 6.28. The zero-order valence-electron chi connectivity index (χ0n) is 10.2. The maximum atomic E-state index is 6.28. The normalized spacial score (nSPS) is 10.6. The Morgan fingerprint density at radius 1 is 1.28 bits per heavy atom. The highest BCUT2D eigenvalue weighted by Gasteiger charge is 2.04. The highest BCUT2D eigenvalue weighted by Crippen LogP contribution is 2.32. The van der Waals surface area contributed by atoms with Gasteiger partial charge in [-0.15, -0.1) is 0 Å². The minimum Gasteiger partial charge on any atom is -0.313 e. The summed E-state index contributed by atoms with van der Waals surface area (Å²) >= 11 is 7.87. The van der Waals surface area contributed by atoms with Crippen LogP contribution in [-0.4, -0.2) is 11.5 Å². The minimum atomic E-state index is 0.779. The highest BCUT2D eigenvalue weighted by molar-refractivity contribution is 7.99. The summed E-state index contributed by atoms with van der Waals surface area (Å²) in [5.41, 5.74) is 1.20. The van der Waals surface area contributed by atoms with E-state index in [0.717, 1.165) is 28.0 Å². The average Bonchev–Trinajstić information content (AvgIpc) is 2.40. The fourth-order valence-electron chi connectivity index (χ4n) is 1.53. The molecule has 0 radical (unpaired) electrons. The fourth-order valence-corrected chi connectivity index (χ4v) is 2.62. The Bertz CT molecular complexity index is 502. The molecule has 0 bridgehead atoms. The first-order chi connectivity index (χ1) is 8.79. The van der Waals surface area contributed by atoms with Crippen molar-refractivity contribution in [2.45, 2.75) is 23.4 Å². The van der Waals surface area contributed by atoms with Crippen LogP contribution in [0.1, 0.15) is 12.5 Å². The molecule has 2 rings (SSSR count). The lowest BCUT2D eigenvalue weighted by Crippen LogP contribution is -2.11. The van der Waals surface area contributed by atoms with Gasteiger partial charge in [0.05, 0.1) is 5.02 Å². The van der Waals surface area contributed by atoms with Gasteiger partial charge in [0.25, 0.3) is 0 Å². The van der Waals surface area contributed by atoms with Crippen molar-refractivity contribution in [3.05, 3.63) is 53.2 Å². The third-order valence-corrected chi connectivity index (χ3v) is 3.88. The molecule has 0 fully saturated rings. The van der Waals surface area contributed by atoms with E-state index in [2.05, 4.69) is 23.3 Å². The summed E-state index contributed by atoms with van der Waals surface area (Å²) < 4.78 is 0. The molecule has 0 aliphatic rings. The van der Waals surface area contributed by atoms with E-state index in [4.69, 9.17) is 11.6 Å². The van der Waals surface area contributed by atoms with Crippen LogP contribution in [0.2, 0.25) is 5.02 Å². The van der Waals surface area contributed by atoms with E-state index >= 15 is 0 Å². The van der Waals surface area contributed by atoms with Gasteiger partial charge in [0, 0.05) is 17.6 Å². The van der Waals surface area contributed by atoms with Crippen LogP contribution in [-0.2, 0) is 6.54 Å². The van der Waals surface area contributed by atoms with E-state index in [9.17, 15) is 0 Å². The molecule has 0 saturated carbocycles. The molecule has 0 aliphatic carbocycles. The molecule has 0 unspecified atom stereocenters. The monoisotopic (exact) mass is 278 g/mol. The van der Waals surface area contributed by atoms with Crippen LogP contribution in [0.15, 0.2) is 52.5 Å². The van der Waals surface area contributed by atoms with Gasteiger partial charge in [-0.25, -0.2) is 4.98 Å². The van der Waals surface area contributed by atoms with Crippen molar-refractivity contribution in [1.82, 2.24) is 10.3 Å². The number of halogens is 1. The smallest absolute Gasteiger partial charge is 0.101 e. The van der Waals surface area contributed by atoms with Crippen molar-refractivity contribution in [1.29, 1.82) is 0 Å². The molecule has 1 N–H and O–H groups in total. The lowest BCUT2D eigenvalue weighted by Gasteiger charge is -2.07. The second-order valence-corrected chi connectivity index (χ2v) is 5.28. The fraction of sp³-hybridized carbons (Fsp3) is 0.214. The van der Waals surface area contributed by atoms with Crippen LogP contribution in [0.3, 0.4) is 0 Å². The summed E-state index contributed by atoms with van der Waals surface area (Å²) in [5, 5.41) is 5.02. The molecule has 0 saturated heterocycles. The first-order valence-corrected chi connectivity index (χ1v) is 7.07. The quantitative estimate of drug-likeness (QED) is 0.895. The van der Waals surface area contributed by atoms with E-state index in [1.807, 2.05) is 30.3 Å². The molecule has 2 aromatic rings. The molecule has 4 heteroatoms. The van der Waals surface area contributed by atoms with Crippen molar-refractivity contribution in [2.75, 3.05) is 6.54 Å². The maximum Gasteiger partial charge on any atom is 0.101 e.